The van der Waals surface area contributed by atoms with Crippen LogP contribution in [0.2, 0.25) is 0 Å². The minimum Gasteiger partial charge on any atom is -0.493 e. The van der Waals surface area contributed by atoms with Crippen molar-refractivity contribution in [2.24, 2.45) is 5.92 Å². The summed E-state index contributed by atoms with van der Waals surface area (Å²) in [5.74, 6) is 3.05. The molecule has 0 radical (unpaired) electrons. The number of nitrogens with one attached hydrogen (secondary N) is 1. The Morgan fingerprint density at radius 2 is 1.97 bits per heavy atom. The zero-order valence-electron chi connectivity index (χ0n) is 17.6. The van der Waals surface area contributed by atoms with E-state index in [0.717, 1.165) is 16.9 Å². The van der Waals surface area contributed by atoms with Gasteiger partial charge in [-0.1, -0.05) is 26.0 Å². The van der Waals surface area contributed by atoms with Crippen LogP contribution in [0.25, 0.3) is 11.5 Å². The zero-order chi connectivity index (χ0) is 21.5. The van der Waals surface area contributed by atoms with Crippen LogP contribution in [0.3, 0.4) is 0 Å². The van der Waals surface area contributed by atoms with Crippen LogP contribution in [0.5, 0.6) is 5.75 Å². The number of carbonyl (C=O) groups is 1. The molecule has 0 spiro atoms. The molecule has 1 unspecified atom stereocenters. The van der Waals surface area contributed by atoms with Crippen molar-refractivity contribution < 1.29 is 9.53 Å². The molecule has 1 N–H and O–H groups in total. The maximum atomic E-state index is 12.5. The molecule has 3 aromatic heterocycles. The van der Waals surface area contributed by atoms with Crippen LogP contribution in [0.4, 0.5) is 5.82 Å². The van der Waals surface area contributed by atoms with Gasteiger partial charge in [0.05, 0.1) is 12.8 Å². The minimum absolute atomic E-state index is 0.0547. The topological polar surface area (TPSA) is 99.2 Å². The second-order valence-corrected chi connectivity index (χ2v) is 8.15. The van der Waals surface area contributed by atoms with Gasteiger partial charge in [0, 0.05) is 17.9 Å². The van der Waals surface area contributed by atoms with E-state index in [4.69, 9.17) is 4.74 Å². The van der Waals surface area contributed by atoms with Crippen molar-refractivity contribution in [2.45, 2.75) is 33.1 Å². The Balaban J connectivity index is 1.49. The second-order valence-electron chi connectivity index (χ2n) is 8.15. The maximum Gasteiger partial charge on any atom is 0.226 e. The van der Waals surface area contributed by atoms with E-state index in [-0.39, 0.29) is 11.8 Å². The first kappa shape index (κ1) is 19.2. The molecular weight excluding hydrogens is 394 g/mol. The highest BCUT2D eigenvalue weighted by atomic mass is 16.5. The predicted octanol–water partition coefficient (Wildman–Crippen LogP) is 3.13. The van der Waals surface area contributed by atoms with Crippen molar-refractivity contribution in [1.29, 1.82) is 0 Å². The number of fused-ring (bicyclic) bond motifs is 2. The number of ether oxygens (including phenoxy) is 1. The van der Waals surface area contributed by atoms with Crippen LogP contribution in [0.15, 0.2) is 42.6 Å². The number of rotatable bonds is 5. The molecular formula is C22H23N7O2. The Morgan fingerprint density at radius 3 is 2.74 bits per heavy atom. The number of hydrogen-bond donors (Lipinski definition) is 1. The molecule has 1 atom stereocenters. The van der Waals surface area contributed by atoms with Crippen LogP contribution >= 0.6 is 0 Å². The van der Waals surface area contributed by atoms with E-state index in [0.29, 0.717) is 42.1 Å². The highest BCUT2D eigenvalue weighted by Crippen LogP contribution is 2.38. The van der Waals surface area contributed by atoms with Gasteiger partial charge in [-0.15, -0.1) is 15.3 Å². The van der Waals surface area contributed by atoms with Crippen LogP contribution in [0, 0.1) is 12.8 Å². The van der Waals surface area contributed by atoms with Gasteiger partial charge in [0.1, 0.15) is 11.6 Å². The molecule has 4 heterocycles. The Kier molecular flexibility index (Phi) is 4.65. The fourth-order valence-corrected chi connectivity index (χ4v) is 3.75. The smallest absolute Gasteiger partial charge is 0.226 e. The number of amides is 1. The monoisotopic (exact) mass is 417 g/mol. The lowest BCUT2D eigenvalue weighted by Gasteiger charge is -2.23. The minimum atomic E-state index is -0.0861. The van der Waals surface area contributed by atoms with Crippen molar-refractivity contribution in [3.63, 3.8) is 0 Å². The third kappa shape index (κ3) is 3.52. The molecule has 1 aromatic carbocycles. The first-order valence-electron chi connectivity index (χ1n) is 10.3. The third-order valence-electron chi connectivity index (χ3n) is 5.31. The summed E-state index contributed by atoms with van der Waals surface area (Å²) in [6.45, 7) is 6.74. The third-order valence-corrected chi connectivity index (χ3v) is 5.31. The molecule has 4 aromatic rings. The molecule has 0 bridgehead atoms. The van der Waals surface area contributed by atoms with E-state index in [1.807, 2.05) is 43.3 Å². The molecule has 31 heavy (non-hydrogen) atoms. The van der Waals surface area contributed by atoms with Crippen LogP contribution in [0.1, 0.15) is 43.1 Å². The number of nitrogens with zero attached hydrogens (tertiary/aromatic N) is 6. The van der Waals surface area contributed by atoms with Crippen LogP contribution < -0.4 is 10.1 Å². The molecule has 0 saturated carbocycles. The molecule has 9 heteroatoms. The van der Waals surface area contributed by atoms with Crippen molar-refractivity contribution >= 4 is 17.4 Å². The van der Waals surface area contributed by atoms with E-state index >= 15 is 0 Å². The zero-order valence-corrected chi connectivity index (χ0v) is 17.6. The van der Waals surface area contributed by atoms with Gasteiger partial charge in [0.25, 0.3) is 0 Å². The van der Waals surface area contributed by atoms with Gasteiger partial charge in [0.15, 0.2) is 17.3 Å². The largest absolute Gasteiger partial charge is 0.493 e. The van der Waals surface area contributed by atoms with E-state index in [1.54, 1.807) is 15.4 Å². The fraction of sp³-hybridized carbons (Fsp3) is 0.318. The van der Waals surface area contributed by atoms with E-state index < -0.39 is 0 Å². The average Bonchev–Trinajstić information content (AvgIpc) is 3.35. The molecule has 0 saturated heterocycles. The lowest BCUT2D eigenvalue weighted by atomic mass is 9.87. The molecule has 1 aliphatic rings. The number of anilines is 1. The van der Waals surface area contributed by atoms with Crippen molar-refractivity contribution in [2.75, 3.05) is 11.9 Å². The molecule has 1 aliphatic heterocycles. The Hall–Kier alpha value is -3.75. The van der Waals surface area contributed by atoms with E-state index in [9.17, 15) is 4.79 Å². The number of carbonyl (C=O) groups excluding carboxylic acids is 1. The van der Waals surface area contributed by atoms with E-state index in [1.165, 1.54) is 0 Å². The fourth-order valence-electron chi connectivity index (χ4n) is 3.75. The quantitative estimate of drug-likeness (QED) is 0.536. The first-order valence-corrected chi connectivity index (χ1v) is 10.3. The number of hydrogen-bond acceptors (Lipinski definition) is 6. The van der Waals surface area contributed by atoms with Gasteiger partial charge in [-0.05, 0) is 42.7 Å². The Bertz CT molecular complexity index is 1260. The summed E-state index contributed by atoms with van der Waals surface area (Å²) >= 11 is 0. The van der Waals surface area contributed by atoms with Gasteiger partial charge < -0.3 is 10.1 Å². The Labute approximate surface area is 179 Å². The number of aromatic nitrogens is 6. The summed E-state index contributed by atoms with van der Waals surface area (Å²) in [5, 5.41) is 20.2. The summed E-state index contributed by atoms with van der Waals surface area (Å²) in [6, 6.07) is 11.6. The van der Waals surface area contributed by atoms with Gasteiger partial charge in [-0.25, -0.2) is 0 Å². The molecule has 5 rings (SSSR count). The SMILES string of the molecule is Cc1nnc2ccc(-n3ncc4c3NC(=O)CC4c3ccc(OCC(C)C)cc3)nn12. The summed E-state index contributed by atoms with van der Waals surface area (Å²) < 4.78 is 9.09. The Morgan fingerprint density at radius 1 is 1.16 bits per heavy atom. The molecule has 0 fully saturated rings. The summed E-state index contributed by atoms with van der Waals surface area (Å²) in [6.07, 6.45) is 2.16. The highest BCUT2D eigenvalue weighted by molar-refractivity contribution is 5.94. The van der Waals surface area contributed by atoms with Gasteiger partial charge in [-0.3, -0.25) is 4.79 Å². The van der Waals surface area contributed by atoms with E-state index in [2.05, 4.69) is 39.6 Å². The summed E-state index contributed by atoms with van der Waals surface area (Å²) in [4.78, 5) is 12.5. The number of aryl methyl sites for hydroxylation is 1. The number of benzene rings is 1. The van der Waals surface area contributed by atoms with Crippen LogP contribution in [-0.2, 0) is 4.79 Å². The summed E-state index contributed by atoms with van der Waals surface area (Å²) in [7, 11) is 0. The lowest BCUT2D eigenvalue weighted by molar-refractivity contribution is -0.116. The average molecular weight is 417 g/mol. The molecule has 9 nitrogen and oxygen atoms in total. The van der Waals surface area contributed by atoms with Crippen molar-refractivity contribution in [1.82, 2.24) is 29.6 Å². The normalized spacial score (nSPS) is 15.9. The van der Waals surface area contributed by atoms with Crippen LogP contribution in [-0.4, -0.2) is 42.1 Å². The van der Waals surface area contributed by atoms with Gasteiger partial charge >= 0.3 is 0 Å². The van der Waals surface area contributed by atoms with Crippen molar-refractivity contribution in [3.05, 3.63) is 59.5 Å². The summed E-state index contributed by atoms with van der Waals surface area (Å²) in [5.41, 5.74) is 2.66. The molecule has 1 amide bonds. The van der Waals surface area contributed by atoms with Crippen molar-refractivity contribution in [3.8, 4) is 11.6 Å². The highest BCUT2D eigenvalue weighted by Gasteiger charge is 2.30. The predicted molar refractivity (Wildman–Crippen MR) is 115 cm³/mol. The van der Waals surface area contributed by atoms with Gasteiger partial charge in [0.2, 0.25) is 5.91 Å². The molecule has 0 aliphatic carbocycles. The van der Waals surface area contributed by atoms with Gasteiger partial charge in [-0.2, -0.15) is 14.3 Å². The second kappa shape index (κ2) is 7.50. The maximum absolute atomic E-state index is 12.5. The lowest BCUT2D eigenvalue weighted by Crippen LogP contribution is -2.24. The standard InChI is InChI=1S/C22H23N7O2/c1-13(2)12-31-16-6-4-15(5-7-16)17-10-21(30)24-22-18(17)11-23-29(22)20-9-8-19-26-25-14(3)28(19)27-20/h4-9,11,13,17H,10,12H2,1-3H3,(H,24,30). The molecule has 158 valence electrons. The first-order chi connectivity index (χ1) is 15.0.